The number of carbonyl (C=O) groups excluding carboxylic acids is 1. The number of ether oxygens (including phenoxy) is 2. The molecule has 2 aromatic rings. The number of methoxy groups -OCH3 is 1. The molecule has 3 N–H and O–H groups in total. The van der Waals surface area contributed by atoms with Crippen LogP contribution >= 0.6 is 0 Å². The van der Waals surface area contributed by atoms with E-state index in [1.54, 1.807) is 13.2 Å². The molecule has 1 fully saturated rings. The van der Waals surface area contributed by atoms with E-state index < -0.39 is 5.91 Å². The Morgan fingerprint density at radius 3 is 2.66 bits per heavy atom. The van der Waals surface area contributed by atoms with Gasteiger partial charge in [0.2, 0.25) is 5.91 Å². The van der Waals surface area contributed by atoms with Gasteiger partial charge in [-0.25, -0.2) is 0 Å². The summed E-state index contributed by atoms with van der Waals surface area (Å²) in [5.74, 6) is 0.465. The third-order valence-corrected chi connectivity index (χ3v) is 5.98. The molecule has 4 rings (SSSR count). The van der Waals surface area contributed by atoms with Crippen LogP contribution in [0.3, 0.4) is 0 Å². The van der Waals surface area contributed by atoms with Crippen LogP contribution in [0.25, 0.3) is 0 Å². The lowest BCUT2D eigenvalue weighted by molar-refractivity contribution is 0.1000. The Kier molecular flexibility index (Phi) is 5.13. The van der Waals surface area contributed by atoms with Crippen molar-refractivity contribution in [3.63, 3.8) is 0 Å². The average Bonchev–Trinajstić information content (AvgIpc) is 2.72. The second-order valence-corrected chi connectivity index (χ2v) is 8.54. The Morgan fingerprint density at radius 2 is 1.97 bits per heavy atom. The summed E-state index contributed by atoms with van der Waals surface area (Å²) < 4.78 is 11.1. The molecule has 154 valence electrons. The van der Waals surface area contributed by atoms with Gasteiger partial charge in [0.15, 0.2) is 0 Å². The second kappa shape index (κ2) is 7.59. The number of carbonyl (C=O) groups is 1. The third-order valence-electron chi connectivity index (χ3n) is 5.98. The predicted molar refractivity (Wildman–Crippen MR) is 115 cm³/mol. The Hall–Kier alpha value is -2.73. The van der Waals surface area contributed by atoms with Crippen LogP contribution in [-0.4, -0.2) is 39.3 Å². The number of nitrogens with two attached hydrogens (primary N) is 1. The van der Waals surface area contributed by atoms with E-state index in [9.17, 15) is 4.79 Å². The van der Waals surface area contributed by atoms with Gasteiger partial charge in [-0.2, -0.15) is 0 Å². The highest BCUT2D eigenvalue weighted by atomic mass is 16.5. The molecule has 29 heavy (non-hydrogen) atoms. The molecule has 6 heteroatoms. The van der Waals surface area contributed by atoms with Crippen molar-refractivity contribution in [3.8, 4) is 5.75 Å². The average molecular weight is 396 g/mol. The molecule has 2 heterocycles. The zero-order chi connectivity index (χ0) is 20.6. The van der Waals surface area contributed by atoms with Gasteiger partial charge in [-0.3, -0.25) is 4.79 Å². The van der Waals surface area contributed by atoms with Crippen LogP contribution in [0.1, 0.15) is 41.4 Å². The van der Waals surface area contributed by atoms with Gasteiger partial charge in [-0.05, 0) is 53.3 Å². The van der Waals surface area contributed by atoms with Gasteiger partial charge < -0.3 is 25.4 Å². The highest BCUT2D eigenvalue weighted by Crippen LogP contribution is 2.46. The zero-order valence-electron chi connectivity index (χ0n) is 17.3. The second-order valence-electron chi connectivity index (χ2n) is 8.54. The van der Waals surface area contributed by atoms with Crippen molar-refractivity contribution in [2.24, 2.45) is 11.1 Å². The van der Waals surface area contributed by atoms with Gasteiger partial charge in [0.25, 0.3) is 0 Å². The summed E-state index contributed by atoms with van der Waals surface area (Å²) in [7, 11) is 1.71. The first-order chi connectivity index (χ1) is 13.9. The largest absolute Gasteiger partial charge is 0.497 e. The van der Waals surface area contributed by atoms with Crippen molar-refractivity contribution in [2.75, 3.05) is 43.6 Å². The smallest absolute Gasteiger partial charge is 0.248 e. The van der Waals surface area contributed by atoms with Crippen LogP contribution in [0.2, 0.25) is 0 Å². The lowest BCUT2D eigenvalue weighted by Gasteiger charge is -2.42. The standard InChI is InChI=1S/C23H29N3O3/c1-23(2)14-17-10-15(22(24)27)4-5-20(17)25-21(23)16-11-18(13-19(12-16)28-3)26-6-8-29-9-7-26/h4-5,10-13,21,25H,6-9,14H2,1-3H3,(H2,24,27). The van der Waals surface area contributed by atoms with Gasteiger partial charge in [0, 0.05) is 36.1 Å². The van der Waals surface area contributed by atoms with E-state index in [2.05, 4.69) is 42.3 Å². The maximum atomic E-state index is 11.6. The first-order valence-corrected chi connectivity index (χ1v) is 10.1. The fraction of sp³-hybridized carbons (Fsp3) is 0.435. The third kappa shape index (κ3) is 3.90. The highest BCUT2D eigenvalue weighted by Gasteiger charge is 2.36. The lowest BCUT2D eigenvalue weighted by atomic mass is 9.72. The topological polar surface area (TPSA) is 76.8 Å². The van der Waals surface area contributed by atoms with E-state index in [1.165, 1.54) is 5.56 Å². The summed E-state index contributed by atoms with van der Waals surface area (Å²) >= 11 is 0. The minimum absolute atomic E-state index is 0.0576. The molecule has 2 aliphatic rings. The van der Waals surface area contributed by atoms with Gasteiger partial charge in [-0.15, -0.1) is 0 Å². The van der Waals surface area contributed by atoms with Crippen LogP contribution in [0.5, 0.6) is 5.75 Å². The number of nitrogens with zero attached hydrogens (tertiary/aromatic N) is 1. The number of fused-ring (bicyclic) bond motifs is 1. The Bertz CT molecular complexity index is 920. The van der Waals surface area contributed by atoms with Crippen molar-refractivity contribution in [1.82, 2.24) is 0 Å². The number of amides is 1. The van der Waals surface area contributed by atoms with Crippen LogP contribution in [-0.2, 0) is 11.2 Å². The van der Waals surface area contributed by atoms with Crippen LogP contribution in [0.4, 0.5) is 11.4 Å². The van der Waals surface area contributed by atoms with Crippen LogP contribution in [0, 0.1) is 5.41 Å². The monoisotopic (exact) mass is 395 g/mol. The molecule has 0 bridgehead atoms. The normalized spacial score (nSPS) is 20.5. The van der Waals surface area contributed by atoms with Crippen molar-refractivity contribution < 1.29 is 14.3 Å². The molecule has 0 radical (unpaired) electrons. The van der Waals surface area contributed by atoms with E-state index in [1.807, 2.05) is 12.1 Å². The molecule has 0 aliphatic carbocycles. The maximum absolute atomic E-state index is 11.6. The quantitative estimate of drug-likeness (QED) is 0.830. The Balaban J connectivity index is 1.70. The molecule has 1 saturated heterocycles. The maximum Gasteiger partial charge on any atom is 0.248 e. The van der Waals surface area contributed by atoms with Crippen molar-refractivity contribution in [3.05, 3.63) is 53.1 Å². The summed E-state index contributed by atoms with van der Waals surface area (Å²) in [4.78, 5) is 13.9. The first kappa shape index (κ1) is 19.6. The van der Waals surface area contributed by atoms with E-state index in [4.69, 9.17) is 15.2 Å². The molecular weight excluding hydrogens is 366 g/mol. The summed E-state index contributed by atoms with van der Waals surface area (Å²) in [5, 5.41) is 3.70. The highest BCUT2D eigenvalue weighted by molar-refractivity contribution is 5.93. The molecule has 0 spiro atoms. The number of anilines is 2. The molecule has 6 nitrogen and oxygen atoms in total. The minimum Gasteiger partial charge on any atom is -0.497 e. The van der Waals surface area contributed by atoms with Gasteiger partial charge >= 0.3 is 0 Å². The predicted octanol–water partition coefficient (Wildman–Crippen LogP) is 3.37. The van der Waals surface area contributed by atoms with E-state index in [-0.39, 0.29) is 11.5 Å². The Morgan fingerprint density at radius 1 is 1.21 bits per heavy atom. The van der Waals surface area contributed by atoms with E-state index in [0.29, 0.717) is 5.56 Å². The SMILES string of the molecule is COc1cc(C2Nc3ccc(C(N)=O)cc3CC2(C)C)cc(N2CCOCC2)c1. The summed E-state index contributed by atoms with van der Waals surface area (Å²) in [5.41, 5.74) is 10.5. The van der Waals surface area contributed by atoms with Gasteiger partial charge in [0.05, 0.1) is 26.4 Å². The fourth-order valence-corrected chi connectivity index (χ4v) is 4.41. The summed E-state index contributed by atoms with van der Waals surface area (Å²) in [6.45, 7) is 7.75. The fourth-order valence-electron chi connectivity index (χ4n) is 4.41. The van der Waals surface area contributed by atoms with Crippen LogP contribution in [0.15, 0.2) is 36.4 Å². The molecule has 2 aliphatic heterocycles. The molecule has 0 aromatic heterocycles. The van der Waals surface area contributed by atoms with Gasteiger partial charge in [0.1, 0.15) is 5.75 Å². The number of benzene rings is 2. The first-order valence-electron chi connectivity index (χ1n) is 10.1. The van der Waals surface area contributed by atoms with Crippen molar-refractivity contribution in [1.29, 1.82) is 0 Å². The number of hydrogen-bond acceptors (Lipinski definition) is 5. The number of hydrogen-bond donors (Lipinski definition) is 2. The molecular formula is C23H29N3O3. The Labute approximate surface area is 172 Å². The van der Waals surface area contributed by atoms with Crippen molar-refractivity contribution >= 4 is 17.3 Å². The van der Waals surface area contributed by atoms with Crippen LogP contribution < -0.4 is 20.7 Å². The van der Waals surface area contributed by atoms with E-state index >= 15 is 0 Å². The minimum atomic E-state index is -0.393. The number of morpholine rings is 1. The molecule has 1 unspecified atom stereocenters. The summed E-state index contributed by atoms with van der Waals surface area (Å²) in [6.07, 6.45) is 0.852. The molecule has 1 amide bonds. The molecule has 1 atom stereocenters. The van der Waals surface area contributed by atoms with E-state index in [0.717, 1.165) is 55.4 Å². The van der Waals surface area contributed by atoms with Gasteiger partial charge in [-0.1, -0.05) is 13.8 Å². The number of nitrogens with one attached hydrogen (secondary N) is 1. The summed E-state index contributed by atoms with van der Waals surface area (Å²) in [6, 6.07) is 12.2. The molecule has 0 saturated carbocycles. The zero-order valence-corrected chi connectivity index (χ0v) is 17.3. The molecule has 2 aromatic carbocycles. The number of rotatable bonds is 4. The number of primary amides is 1. The van der Waals surface area contributed by atoms with Crippen molar-refractivity contribution in [2.45, 2.75) is 26.3 Å². The lowest BCUT2D eigenvalue weighted by Crippen LogP contribution is -2.37.